The molecule has 0 spiro atoms. The van der Waals surface area contributed by atoms with E-state index in [9.17, 15) is 9.18 Å². The Morgan fingerprint density at radius 1 is 1.50 bits per heavy atom. The molecule has 0 saturated heterocycles. The molecule has 2 heterocycles. The van der Waals surface area contributed by atoms with Gasteiger partial charge in [-0.3, -0.25) is 9.78 Å². The summed E-state index contributed by atoms with van der Waals surface area (Å²) in [4.78, 5) is 18.2. The Balaban J connectivity index is 2.81. The van der Waals surface area contributed by atoms with Crippen molar-refractivity contribution in [1.29, 1.82) is 0 Å². The molecule has 0 saturated carbocycles. The molecule has 3 nitrogen and oxygen atoms in total. The molecule has 1 N–H and O–H groups in total. The van der Waals surface area contributed by atoms with Crippen molar-refractivity contribution in [2.24, 2.45) is 0 Å². The first-order chi connectivity index (χ1) is 7.67. The summed E-state index contributed by atoms with van der Waals surface area (Å²) in [5, 5.41) is 0.374. The van der Waals surface area contributed by atoms with Gasteiger partial charge in [0.25, 0.3) is 5.56 Å². The number of H-pyrrole nitrogens is 1. The van der Waals surface area contributed by atoms with E-state index in [0.717, 1.165) is 0 Å². The monoisotopic (exact) mass is 284 g/mol. The molecule has 0 atom stereocenters. The third-order valence-electron chi connectivity index (χ3n) is 2.48. The van der Waals surface area contributed by atoms with Gasteiger partial charge in [-0.1, -0.05) is 22.9 Å². The highest BCUT2D eigenvalue weighted by Gasteiger charge is 2.10. The van der Waals surface area contributed by atoms with E-state index in [1.807, 2.05) is 6.92 Å². The fraction of sp³-hybridized carbons (Fsp3) is 0.273. The summed E-state index contributed by atoms with van der Waals surface area (Å²) in [5.41, 5.74) is 1.47. The van der Waals surface area contributed by atoms with Gasteiger partial charge in [0.1, 0.15) is 5.52 Å². The van der Waals surface area contributed by atoms with E-state index in [-0.39, 0.29) is 11.1 Å². The standard InChI is InChI=1S/C11H10BrFN2O/c1-2-6-3-8-10(15-11(6)16)9(13)7(4-12)5-14-8/h3,5H,2,4H2,1H3,(H,15,16). The number of aromatic nitrogens is 2. The zero-order valence-electron chi connectivity index (χ0n) is 8.68. The van der Waals surface area contributed by atoms with Gasteiger partial charge in [-0.15, -0.1) is 0 Å². The van der Waals surface area contributed by atoms with Crippen LogP contribution < -0.4 is 5.56 Å². The molecule has 0 radical (unpaired) electrons. The molecule has 5 heteroatoms. The highest BCUT2D eigenvalue weighted by molar-refractivity contribution is 9.08. The van der Waals surface area contributed by atoms with Gasteiger partial charge >= 0.3 is 0 Å². The number of nitrogens with one attached hydrogen (secondary N) is 1. The van der Waals surface area contributed by atoms with Crippen molar-refractivity contribution in [2.75, 3.05) is 0 Å². The van der Waals surface area contributed by atoms with E-state index in [1.165, 1.54) is 6.20 Å². The maximum atomic E-state index is 13.8. The third kappa shape index (κ3) is 1.75. The molecular formula is C11H10BrFN2O. The first kappa shape index (κ1) is 11.3. The third-order valence-corrected chi connectivity index (χ3v) is 3.09. The van der Waals surface area contributed by atoms with Crippen LogP contribution in [0, 0.1) is 5.82 Å². The molecular weight excluding hydrogens is 275 g/mol. The zero-order chi connectivity index (χ0) is 11.7. The van der Waals surface area contributed by atoms with Crippen molar-refractivity contribution in [3.8, 4) is 0 Å². The van der Waals surface area contributed by atoms with Crippen LogP contribution in [0.25, 0.3) is 11.0 Å². The zero-order valence-corrected chi connectivity index (χ0v) is 10.3. The van der Waals surface area contributed by atoms with Crippen molar-refractivity contribution >= 4 is 27.0 Å². The average molecular weight is 285 g/mol. The Labute approximate surface area is 99.8 Å². The number of nitrogens with zero attached hydrogens (tertiary/aromatic N) is 1. The summed E-state index contributed by atoms with van der Waals surface area (Å²) < 4.78 is 13.8. The molecule has 16 heavy (non-hydrogen) atoms. The second kappa shape index (κ2) is 4.33. The second-order valence-corrected chi connectivity index (χ2v) is 4.03. The van der Waals surface area contributed by atoms with Crippen molar-refractivity contribution in [3.63, 3.8) is 0 Å². The maximum absolute atomic E-state index is 13.8. The van der Waals surface area contributed by atoms with Crippen LogP contribution in [0.1, 0.15) is 18.1 Å². The topological polar surface area (TPSA) is 45.8 Å². The molecule has 0 aliphatic heterocycles. The largest absolute Gasteiger partial charge is 0.318 e. The van der Waals surface area contributed by atoms with Crippen molar-refractivity contribution in [2.45, 2.75) is 18.7 Å². The number of pyridine rings is 2. The fourth-order valence-corrected chi connectivity index (χ4v) is 1.94. The van der Waals surface area contributed by atoms with Gasteiger partial charge in [0, 0.05) is 22.7 Å². The average Bonchev–Trinajstić information content (AvgIpc) is 2.30. The molecule has 2 rings (SSSR count). The van der Waals surface area contributed by atoms with Gasteiger partial charge in [0.05, 0.1) is 5.52 Å². The summed E-state index contributed by atoms with van der Waals surface area (Å²) in [6, 6.07) is 1.63. The Hall–Kier alpha value is -1.23. The lowest BCUT2D eigenvalue weighted by molar-refractivity contribution is 0.624. The normalized spacial score (nSPS) is 10.9. The van der Waals surface area contributed by atoms with Gasteiger partial charge < -0.3 is 4.98 Å². The Kier molecular flexibility index (Phi) is 3.05. The summed E-state index contributed by atoms with van der Waals surface area (Å²) in [7, 11) is 0. The van der Waals surface area contributed by atoms with E-state index >= 15 is 0 Å². The van der Waals surface area contributed by atoms with Crippen molar-refractivity contribution < 1.29 is 4.39 Å². The van der Waals surface area contributed by atoms with Gasteiger partial charge in [-0.2, -0.15) is 0 Å². The van der Waals surface area contributed by atoms with Crippen molar-refractivity contribution in [1.82, 2.24) is 9.97 Å². The highest BCUT2D eigenvalue weighted by atomic mass is 79.9. The Morgan fingerprint density at radius 2 is 2.25 bits per heavy atom. The first-order valence-corrected chi connectivity index (χ1v) is 6.04. The summed E-state index contributed by atoms with van der Waals surface area (Å²) in [6.45, 7) is 1.87. The van der Waals surface area contributed by atoms with Crippen LogP contribution >= 0.6 is 15.9 Å². The molecule has 0 aliphatic carbocycles. The maximum Gasteiger partial charge on any atom is 0.251 e. The molecule has 0 amide bonds. The lowest BCUT2D eigenvalue weighted by Crippen LogP contribution is -2.13. The number of alkyl halides is 1. The van der Waals surface area contributed by atoms with Crippen LogP contribution in [0.4, 0.5) is 4.39 Å². The van der Waals surface area contributed by atoms with E-state index in [1.54, 1.807) is 6.07 Å². The van der Waals surface area contributed by atoms with Gasteiger partial charge in [0.15, 0.2) is 5.82 Å². The van der Waals surface area contributed by atoms with E-state index in [0.29, 0.717) is 28.4 Å². The highest BCUT2D eigenvalue weighted by Crippen LogP contribution is 2.18. The van der Waals surface area contributed by atoms with Gasteiger partial charge in [-0.25, -0.2) is 4.39 Å². The second-order valence-electron chi connectivity index (χ2n) is 3.47. The number of aryl methyl sites for hydroxylation is 1. The molecule has 0 fully saturated rings. The first-order valence-electron chi connectivity index (χ1n) is 4.92. The van der Waals surface area contributed by atoms with E-state index in [4.69, 9.17) is 0 Å². The summed E-state index contributed by atoms with van der Waals surface area (Å²) in [6.07, 6.45) is 2.08. The Bertz CT molecular complexity index is 594. The van der Waals surface area contributed by atoms with Crippen LogP contribution in [-0.2, 0) is 11.8 Å². The van der Waals surface area contributed by atoms with E-state index < -0.39 is 5.82 Å². The van der Waals surface area contributed by atoms with Crippen LogP contribution in [0.2, 0.25) is 0 Å². The number of fused-ring (bicyclic) bond motifs is 1. The molecule has 0 bridgehead atoms. The quantitative estimate of drug-likeness (QED) is 0.862. The number of rotatable bonds is 2. The minimum atomic E-state index is -0.415. The summed E-state index contributed by atoms with van der Waals surface area (Å²) >= 11 is 3.17. The lowest BCUT2D eigenvalue weighted by atomic mass is 10.1. The molecule has 2 aromatic heterocycles. The minimum Gasteiger partial charge on any atom is -0.318 e. The number of hydrogen-bond donors (Lipinski definition) is 1. The van der Waals surface area contributed by atoms with Crippen LogP contribution in [0.15, 0.2) is 17.1 Å². The molecule has 84 valence electrons. The predicted molar refractivity (Wildman–Crippen MR) is 64.3 cm³/mol. The smallest absolute Gasteiger partial charge is 0.251 e. The predicted octanol–water partition coefficient (Wildman–Crippen LogP) is 2.52. The van der Waals surface area contributed by atoms with Gasteiger partial charge in [-0.05, 0) is 12.5 Å². The van der Waals surface area contributed by atoms with Crippen LogP contribution in [0.5, 0.6) is 0 Å². The molecule has 0 aliphatic rings. The minimum absolute atomic E-state index is 0.180. The SMILES string of the molecule is CCc1cc2ncc(CBr)c(F)c2[nH]c1=O. The molecule has 0 unspecified atom stereocenters. The van der Waals surface area contributed by atoms with Gasteiger partial charge in [0.2, 0.25) is 0 Å². The number of halogens is 2. The number of aromatic amines is 1. The van der Waals surface area contributed by atoms with E-state index in [2.05, 4.69) is 25.9 Å². The Morgan fingerprint density at radius 3 is 2.88 bits per heavy atom. The van der Waals surface area contributed by atoms with Crippen LogP contribution in [0.3, 0.4) is 0 Å². The van der Waals surface area contributed by atoms with Crippen molar-refractivity contribution in [3.05, 3.63) is 39.6 Å². The lowest BCUT2D eigenvalue weighted by Gasteiger charge is -2.04. The summed E-state index contributed by atoms with van der Waals surface area (Å²) in [5.74, 6) is -0.415. The fourth-order valence-electron chi connectivity index (χ4n) is 1.55. The van der Waals surface area contributed by atoms with Crippen LogP contribution in [-0.4, -0.2) is 9.97 Å². The molecule has 0 aromatic carbocycles. The number of hydrogen-bond acceptors (Lipinski definition) is 2. The molecule has 2 aromatic rings.